The van der Waals surface area contributed by atoms with Crippen molar-refractivity contribution in [3.05, 3.63) is 36.0 Å². The van der Waals surface area contributed by atoms with Gasteiger partial charge in [-0.15, -0.1) is 0 Å². The number of aryl methyl sites for hydroxylation is 1. The Morgan fingerprint density at radius 1 is 1.31 bits per heavy atom. The van der Waals surface area contributed by atoms with Crippen LogP contribution in [0.3, 0.4) is 0 Å². The van der Waals surface area contributed by atoms with E-state index in [9.17, 15) is 4.79 Å². The Balaban J connectivity index is 1.32. The number of carbonyl (C=O) groups excluding carboxylic acids is 1. The number of nitrogens with zero attached hydrogens (tertiary/aromatic N) is 1. The molecule has 1 N–H and O–H groups in total. The number of thioether (sulfide) groups is 1. The van der Waals surface area contributed by atoms with Gasteiger partial charge in [-0.2, -0.15) is 11.8 Å². The minimum atomic E-state index is 0.442. The van der Waals surface area contributed by atoms with Crippen molar-refractivity contribution < 1.29 is 4.79 Å². The van der Waals surface area contributed by atoms with Gasteiger partial charge in [0.1, 0.15) is 5.78 Å². The Morgan fingerprint density at radius 3 is 2.88 bits per heavy atom. The van der Waals surface area contributed by atoms with Gasteiger partial charge in [0.15, 0.2) is 0 Å². The van der Waals surface area contributed by atoms with Gasteiger partial charge in [0.25, 0.3) is 0 Å². The summed E-state index contributed by atoms with van der Waals surface area (Å²) in [6.07, 6.45) is 8.19. The summed E-state index contributed by atoms with van der Waals surface area (Å²) in [7, 11) is 2.22. The van der Waals surface area contributed by atoms with Gasteiger partial charge in [0, 0.05) is 39.9 Å². The number of nitrogens with one attached hydrogen (secondary N) is 1. The number of likely N-dealkylation sites (tertiary alicyclic amines) is 1. The average Bonchev–Trinajstić information content (AvgIpc) is 3.18. The normalized spacial score (nSPS) is 25.9. The van der Waals surface area contributed by atoms with Crippen LogP contribution in [0.2, 0.25) is 0 Å². The van der Waals surface area contributed by atoms with Crippen LogP contribution in [0.4, 0.5) is 0 Å². The molecule has 0 aliphatic carbocycles. The number of aromatic nitrogens is 1. The lowest BCUT2D eigenvalue weighted by Gasteiger charge is -2.37. The van der Waals surface area contributed by atoms with Gasteiger partial charge in [0.2, 0.25) is 0 Å². The summed E-state index contributed by atoms with van der Waals surface area (Å²) in [6, 6.07) is 8.36. The van der Waals surface area contributed by atoms with Crippen molar-refractivity contribution in [2.45, 2.75) is 55.4 Å². The average molecular weight is 371 g/mol. The number of aromatic amines is 1. The molecule has 2 unspecified atom stereocenters. The first-order valence-corrected chi connectivity index (χ1v) is 10.9. The molecule has 2 aliphatic heterocycles. The summed E-state index contributed by atoms with van der Waals surface area (Å²) in [6.45, 7) is 4.76. The van der Waals surface area contributed by atoms with E-state index in [1.165, 1.54) is 48.8 Å². The van der Waals surface area contributed by atoms with Gasteiger partial charge in [-0.3, -0.25) is 4.79 Å². The van der Waals surface area contributed by atoms with E-state index in [2.05, 4.69) is 60.0 Å². The Morgan fingerprint density at radius 2 is 2.08 bits per heavy atom. The maximum atomic E-state index is 12.7. The fraction of sp³-hybridized carbons (Fsp3) is 0.591. The lowest BCUT2D eigenvalue weighted by Crippen LogP contribution is -2.39. The standard InChI is InChI=1S/C22H30N2OS/c1-16-18(14-22(26-16)9-11-24(2)12-10-22)13-19(25)8-7-17-15-23-21-6-4-3-5-20(17)21/h3-6,15-16,18,23H,7-14H2,1-2H3. The first-order valence-electron chi connectivity index (χ1n) is 9.98. The fourth-order valence-corrected chi connectivity index (χ4v) is 6.68. The molecule has 140 valence electrons. The minimum Gasteiger partial charge on any atom is -0.361 e. The quantitative estimate of drug-likeness (QED) is 0.831. The van der Waals surface area contributed by atoms with Crippen LogP contribution in [0, 0.1) is 5.92 Å². The van der Waals surface area contributed by atoms with Crippen LogP contribution >= 0.6 is 11.8 Å². The number of Topliss-reactive ketones (excluding diaryl/α,β-unsaturated/α-hetero) is 1. The maximum absolute atomic E-state index is 12.7. The van der Waals surface area contributed by atoms with Crippen molar-refractivity contribution in [3.8, 4) is 0 Å². The number of ketones is 1. The van der Waals surface area contributed by atoms with Crippen molar-refractivity contribution in [3.63, 3.8) is 0 Å². The first kappa shape index (κ1) is 18.1. The topological polar surface area (TPSA) is 36.1 Å². The van der Waals surface area contributed by atoms with E-state index in [0.717, 1.165) is 12.8 Å². The van der Waals surface area contributed by atoms with E-state index >= 15 is 0 Å². The van der Waals surface area contributed by atoms with Crippen molar-refractivity contribution in [1.82, 2.24) is 9.88 Å². The number of rotatable bonds is 5. The number of hydrogen-bond donors (Lipinski definition) is 1. The largest absolute Gasteiger partial charge is 0.361 e. The zero-order valence-corrected chi connectivity index (χ0v) is 16.8. The van der Waals surface area contributed by atoms with Gasteiger partial charge in [-0.1, -0.05) is 25.1 Å². The number of para-hydroxylation sites is 1. The molecule has 2 aromatic rings. The van der Waals surface area contributed by atoms with Crippen molar-refractivity contribution in [2.75, 3.05) is 20.1 Å². The van der Waals surface area contributed by atoms with E-state index in [1.54, 1.807) is 0 Å². The molecule has 2 aliphatic rings. The molecule has 0 saturated carbocycles. The van der Waals surface area contributed by atoms with E-state index in [0.29, 0.717) is 28.1 Å². The number of piperidine rings is 1. The lowest BCUT2D eigenvalue weighted by atomic mass is 9.83. The molecule has 0 bridgehead atoms. The Bertz CT molecular complexity index is 775. The van der Waals surface area contributed by atoms with Crippen LogP contribution in [0.5, 0.6) is 0 Å². The van der Waals surface area contributed by atoms with E-state index in [4.69, 9.17) is 0 Å². The summed E-state index contributed by atoms with van der Waals surface area (Å²) in [5.74, 6) is 1.01. The summed E-state index contributed by atoms with van der Waals surface area (Å²) < 4.78 is 0.452. The van der Waals surface area contributed by atoms with E-state index < -0.39 is 0 Å². The highest BCUT2D eigenvalue weighted by molar-refractivity contribution is 8.01. The second kappa shape index (κ2) is 7.40. The summed E-state index contributed by atoms with van der Waals surface area (Å²) in [5.41, 5.74) is 2.44. The zero-order valence-electron chi connectivity index (χ0n) is 16.0. The summed E-state index contributed by atoms with van der Waals surface area (Å²) in [4.78, 5) is 18.4. The third-order valence-corrected chi connectivity index (χ3v) is 8.30. The van der Waals surface area contributed by atoms with Crippen molar-refractivity contribution in [2.24, 2.45) is 5.92 Å². The molecule has 1 aromatic heterocycles. The van der Waals surface area contributed by atoms with Gasteiger partial charge < -0.3 is 9.88 Å². The number of H-pyrrole nitrogens is 1. The molecule has 2 atom stereocenters. The highest BCUT2D eigenvalue weighted by Gasteiger charge is 2.45. The monoisotopic (exact) mass is 370 g/mol. The van der Waals surface area contributed by atoms with E-state index in [1.807, 2.05) is 6.07 Å². The molecule has 4 rings (SSSR count). The van der Waals surface area contributed by atoms with Crippen LogP contribution in [-0.2, 0) is 11.2 Å². The molecule has 3 nitrogen and oxygen atoms in total. The van der Waals surface area contributed by atoms with Crippen LogP contribution in [0.25, 0.3) is 10.9 Å². The number of hydrogen-bond acceptors (Lipinski definition) is 3. The second-order valence-electron chi connectivity index (χ2n) is 8.38. The predicted molar refractivity (Wildman–Crippen MR) is 111 cm³/mol. The van der Waals surface area contributed by atoms with Crippen LogP contribution in [0.1, 0.15) is 44.6 Å². The zero-order chi connectivity index (χ0) is 18.1. The minimum absolute atomic E-state index is 0.442. The van der Waals surface area contributed by atoms with E-state index in [-0.39, 0.29) is 0 Å². The molecule has 0 amide bonds. The Kier molecular flexibility index (Phi) is 5.15. The third-order valence-electron chi connectivity index (χ3n) is 6.47. The number of fused-ring (bicyclic) bond motifs is 1. The van der Waals surface area contributed by atoms with Crippen LogP contribution < -0.4 is 0 Å². The molecule has 3 heterocycles. The number of carbonyl (C=O) groups is 1. The third kappa shape index (κ3) is 3.72. The van der Waals surface area contributed by atoms with Crippen molar-refractivity contribution >= 4 is 28.4 Å². The van der Waals surface area contributed by atoms with Crippen molar-refractivity contribution in [1.29, 1.82) is 0 Å². The first-order chi connectivity index (χ1) is 12.5. The smallest absolute Gasteiger partial charge is 0.133 e. The van der Waals surface area contributed by atoms with Gasteiger partial charge in [-0.05, 0) is 63.4 Å². The summed E-state index contributed by atoms with van der Waals surface area (Å²) >= 11 is 2.17. The maximum Gasteiger partial charge on any atom is 0.133 e. The second-order valence-corrected chi connectivity index (χ2v) is 10.2. The highest BCUT2D eigenvalue weighted by Crippen LogP contribution is 2.53. The predicted octanol–water partition coefficient (Wildman–Crippen LogP) is 4.67. The molecule has 4 heteroatoms. The molecule has 1 aromatic carbocycles. The lowest BCUT2D eigenvalue weighted by molar-refractivity contribution is -0.120. The van der Waals surface area contributed by atoms with Crippen LogP contribution in [0.15, 0.2) is 30.5 Å². The van der Waals surface area contributed by atoms with Gasteiger partial charge >= 0.3 is 0 Å². The van der Waals surface area contributed by atoms with Gasteiger partial charge in [-0.25, -0.2) is 0 Å². The number of benzene rings is 1. The fourth-order valence-electron chi connectivity index (χ4n) is 4.78. The summed E-state index contributed by atoms with van der Waals surface area (Å²) in [5, 5.41) is 1.88. The molecule has 26 heavy (non-hydrogen) atoms. The molecule has 1 spiro atoms. The molecular weight excluding hydrogens is 340 g/mol. The van der Waals surface area contributed by atoms with Gasteiger partial charge in [0.05, 0.1) is 0 Å². The molecule has 2 fully saturated rings. The SMILES string of the molecule is CC1SC2(CCN(C)CC2)CC1CC(=O)CCc1c[nH]c2ccccc12. The highest BCUT2D eigenvalue weighted by atomic mass is 32.2. The molecule has 2 saturated heterocycles. The van der Waals surface area contributed by atoms with Crippen LogP contribution in [-0.4, -0.2) is 45.8 Å². The Labute approximate surface area is 160 Å². The molecule has 0 radical (unpaired) electrons. The molecular formula is C22H30N2OS. The Hall–Kier alpha value is -1.26.